The third kappa shape index (κ3) is 5.72. The molecule has 2 aliphatic heterocycles. The van der Waals surface area contributed by atoms with Crippen molar-refractivity contribution in [2.24, 2.45) is 5.92 Å². The van der Waals surface area contributed by atoms with Gasteiger partial charge in [0, 0.05) is 50.6 Å². The van der Waals surface area contributed by atoms with E-state index in [-0.39, 0.29) is 18.4 Å². The molecule has 2 aromatic rings. The summed E-state index contributed by atoms with van der Waals surface area (Å²) >= 11 is 0. The van der Waals surface area contributed by atoms with Gasteiger partial charge in [0.1, 0.15) is 23.7 Å². The summed E-state index contributed by atoms with van der Waals surface area (Å²) in [5, 5.41) is 13.0. The molecule has 9 heteroatoms. The zero-order valence-corrected chi connectivity index (χ0v) is 17.5. The number of aliphatic hydroxyl groups is 1. The minimum atomic E-state index is -2.81. The molecule has 2 saturated heterocycles. The van der Waals surface area contributed by atoms with Crippen LogP contribution in [0.1, 0.15) is 25.7 Å². The molecule has 0 saturated carbocycles. The van der Waals surface area contributed by atoms with Gasteiger partial charge < -0.3 is 25.0 Å². The Balaban J connectivity index is 1.37. The summed E-state index contributed by atoms with van der Waals surface area (Å²) in [6, 6.07) is 8.99. The van der Waals surface area contributed by atoms with E-state index in [1.165, 1.54) is 0 Å². The van der Waals surface area contributed by atoms with Gasteiger partial charge in [-0.1, -0.05) is 0 Å². The Kier molecular flexibility index (Phi) is 7.01. The van der Waals surface area contributed by atoms with Crippen molar-refractivity contribution in [3.8, 4) is 5.75 Å². The predicted octanol–water partition coefficient (Wildman–Crippen LogP) is 3.37. The molecular formula is C22H29F2N5O2. The molecule has 2 unspecified atom stereocenters. The summed E-state index contributed by atoms with van der Waals surface area (Å²) in [7, 11) is 0. The van der Waals surface area contributed by atoms with Crippen molar-refractivity contribution in [1.82, 2.24) is 9.97 Å². The second-order valence-corrected chi connectivity index (χ2v) is 8.20. The number of anilines is 3. The van der Waals surface area contributed by atoms with Crippen LogP contribution in [0.5, 0.6) is 5.75 Å². The Labute approximate surface area is 181 Å². The highest BCUT2D eigenvalue weighted by atomic mass is 19.3. The summed E-state index contributed by atoms with van der Waals surface area (Å²) < 4.78 is 29.1. The van der Waals surface area contributed by atoms with Gasteiger partial charge in [-0.2, -0.15) is 8.78 Å². The minimum absolute atomic E-state index is 0.167. The number of aliphatic hydroxyl groups excluding tert-OH is 1. The summed E-state index contributed by atoms with van der Waals surface area (Å²) in [4.78, 5) is 13.3. The Morgan fingerprint density at radius 2 is 1.84 bits per heavy atom. The Bertz CT molecular complexity index is 839. The summed E-state index contributed by atoms with van der Waals surface area (Å²) in [5.74, 6) is 2.14. The van der Waals surface area contributed by atoms with Gasteiger partial charge in [0.15, 0.2) is 0 Å². The maximum Gasteiger partial charge on any atom is 0.387 e. The van der Waals surface area contributed by atoms with Gasteiger partial charge in [-0.25, -0.2) is 9.97 Å². The van der Waals surface area contributed by atoms with E-state index in [0.717, 1.165) is 69.2 Å². The Morgan fingerprint density at radius 1 is 1.06 bits per heavy atom. The fourth-order valence-corrected chi connectivity index (χ4v) is 4.40. The van der Waals surface area contributed by atoms with Gasteiger partial charge in [0.25, 0.3) is 0 Å². The standard InChI is InChI=1S/C22H29F2N5O2/c23-22(24)31-19-7-5-18(6-8-19)28-9-2-4-17(13-28)27-20-11-21(26-15-25-20)29-10-1-3-16(12-29)14-30/h5-8,11,15-17,22,30H,1-4,9-10,12-14H2,(H,25,26,27). The molecule has 1 aromatic carbocycles. The molecule has 0 spiro atoms. The zero-order chi connectivity index (χ0) is 21.6. The summed E-state index contributed by atoms with van der Waals surface area (Å²) in [6.07, 6.45) is 5.74. The maximum atomic E-state index is 12.4. The maximum absolute atomic E-state index is 12.4. The van der Waals surface area contributed by atoms with Crippen molar-refractivity contribution >= 4 is 17.3 Å². The SMILES string of the molecule is OCC1CCCN(c2cc(NC3CCCN(c4ccc(OC(F)F)cc4)C3)ncn2)C1. The number of benzene rings is 1. The summed E-state index contributed by atoms with van der Waals surface area (Å²) in [5.41, 5.74) is 0.986. The number of halogens is 2. The minimum Gasteiger partial charge on any atom is -0.435 e. The number of ether oxygens (including phenoxy) is 1. The predicted molar refractivity (Wildman–Crippen MR) is 116 cm³/mol. The largest absolute Gasteiger partial charge is 0.435 e. The molecule has 2 atom stereocenters. The average Bonchev–Trinajstić information content (AvgIpc) is 2.80. The topological polar surface area (TPSA) is 73.8 Å². The number of piperidine rings is 2. The number of hydrogen-bond acceptors (Lipinski definition) is 7. The number of alkyl halides is 2. The molecule has 0 radical (unpaired) electrons. The van der Waals surface area contributed by atoms with E-state index in [9.17, 15) is 13.9 Å². The first-order valence-corrected chi connectivity index (χ1v) is 10.8. The van der Waals surface area contributed by atoms with E-state index in [2.05, 4.69) is 29.8 Å². The molecule has 31 heavy (non-hydrogen) atoms. The molecule has 0 aliphatic carbocycles. The molecule has 168 valence electrons. The van der Waals surface area contributed by atoms with E-state index >= 15 is 0 Å². The molecule has 2 N–H and O–H groups in total. The third-order valence-corrected chi connectivity index (χ3v) is 5.95. The summed E-state index contributed by atoms with van der Waals surface area (Å²) in [6.45, 7) is 0.861. The lowest BCUT2D eigenvalue weighted by atomic mass is 9.99. The highest BCUT2D eigenvalue weighted by Gasteiger charge is 2.23. The average molecular weight is 434 g/mol. The number of nitrogens with one attached hydrogen (secondary N) is 1. The molecule has 0 amide bonds. The number of nitrogens with zero attached hydrogens (tertiary/aromatic N) is 4. The highest BCUT2D eigenvalue weighted by Crippen LogP contribution is 2.26. The second-order valence-electron chi connectivity index (χ2n) is 8.20. The molecule has 7 nitrogen and oxygen atoms in total. The monoisotopic (exact) mass is 433 g/mol. The van der Waals surface area contributed by atoms with E-state index in [0.29, 0.717) is 5.92 Å². The van der Waals surface area contributed by atoms with Crippen LogP contribution in [0.2, 0.25) is 0 Å². The quantitative estimate of drug-likeness (QED) is 0.694. The van der Waals surface area contributed by atoms with E-state index in [4.69, 9.17) is 0 Å². The number of hydrogen-bond donors (Lipinski definition) is 2. The Morgan fingerprint density at radius 3 is 2.61 bits per heavy atom. The second kappa shape index (κ2) is 10.1. The fourth-order valence-electron chi connectivity index (χ4n) is 4.40. The zero-order valence-electron chi connectivity index (χ0n) is 17.5. The van der Waals surface area contributed by atoms with Crippen LogP contribution in [0.4, 0.5) is 26.1 Å². The number of rotatable bonds is 7. The molecule has 1 aromatic heterocycles. The molecule has 2 aliphatic rings. The van der Waals surface area contributed by atoms with Crippen LogP contribution in [0.3, 0.4) is 0 Å². The molecule has 0 bridgehead atoms. The molecular weight excluding hydrogens is 404 g/mol. The van der Waals surface area contributed by atoms with Crippen LogP contribution in [0.25, 0.3) is 0 Å². The van der Waals surface area contributed by atoms with Crippen LogP contribution >= 0.6 is 0 Å². The normalized spacial score (nSPS) is 21.9. The fraction of sp³-hybridized carbons (Fsp3) is 0.545. The van der Waals surface area contributed by atoms with Crippen LogP contribution in [-0.2, 0) is 0 Å². The highest BCUT2D eigenvalue weighted by molar-refractivity contribution is 5.52. The van der Waals surface area contributed by atoms with Crippen molar-refractivity contribution in [2.45, 2.75) is 38.3 Å². The van der Waals surface area contributed by atoms with Crippen molar-refractivity contribution in [1.29, 1.82) is 0 Å². The van der Waals surface area contributed by atoms with E-state index in [1.54, 1.807) is 18.5 Å². The first-order chi connectivity index (χ1) is 15.1. The van der Waals surface area contributed by atoms with Gasteiger partial charge in [-0.3, -0.25) is 0 Å². The first-order valence-electron chi connectivity index (χ1n) is 10.8. The van der Waals surface area contributed by atoms with Crippen LogP contribution in [0, 0.1) is 5.92 Å². The van der Waals surface area contributed by atoms with Crippen molar-refractivity contribution in [2.75, 3.05) is 47.9 Å². The van der Waals surface area contributed by atoms with Crippen LogP contribution < -0.4 is 19.9 Å². The lowest BCUT2D eigenvalue weighted by Crippen LogP contribution is -2.42. The van der Waals surface area contributed by atoms with Crippen LogP contribution in [-0.4, -0.2) is 60.5 Å². The number of aromatic nitrogens is 2. The van der Waals surface area contributed by atoms with Gasteiger partial charge >= 0.3 is 6.61 Å². The van der Waals surface area contributed by atoms with Crippen LogP contribution in [0.15, 0.2) is 36.7 Å². The molecule has 4 rings (SSSR count). The van der Waals surface area contributed by atoms with Crippen molar-refractivity contribution in [3.63, 3.8) is 0 Å². The van der Waals surface area contributed by atoms with Crippen molar-refractivity contribution < 1.29 is 18.6 Å². The lowest BCUT2D eigenvalue weighted by Gasteiger charge is -2.35. The first kappa shape index (κ1) is 21.5. The lowest BCUT2D eigenvalue weighted by molar-refractivity contribution is -0.0498. The van der Waals surface area contributed by atoms with Crippen molar-refractivity contribution in [3.05, 3.63) is 36.7 Å². The van der Waals surface area contributed by atoms with Gasteiger partial charge in [0.05, 0.1) is 0 Å². The third-order valence-electron chi connectivity index (χ3n) is 5.95. The van der Waals surface area contributed by atoms with E-state index < -0.39 is 6.61 Å². The molecule has 3 heterocycles. The van der Waals surface area contributed by atoms with Gasteiger partial charge in [-0.05, 0) is 55.9 Å². The smallest absolute Gasteiger partial charge is 0.387 e. The molecule has 2 fully saturated rings. The Hall–Kier alpha value is -2.68. The van der Waals surface area contributed by atoms with E-state index in [1.807, 2.05) is 18.2 Å². The van der Waals surface area contributed by atoms with Gasteiger partial charge in [0.2, 0.25) is 0 Å². The van der Waals surface area contributed by atoms with Gasteiger partial charge in [-0.15, -0.1) is 0 Å².